The molecule has 0 fully saturated rings. The fraction of sp³-hybridized carbons (Fsp3) is 0.438. The molecule has 1 N–H and O–H groups in total. The zero-order valence-electron chi connectivity index (χ0n) is 12.3. The summed E-state index contributed by atoms with van der Waals surface area (Å²) in [6, 6.07) is 7.62. The van der Waals surface area contributed by atoms with Gasteiger partial charge in [0, 0.05) is 23.9 Å². The summed E-state index contributed by atoms with van der Waals surface area (Å²) >= 11 is 0. The average Bonchev–Trinajstić information content (AvgIpc) is 2.88. The summed E-state index contributed by atoms with van der Waals surface area (Å²) in [7, 11) is 0. The minimum absolute atomic E-state index is 0.333. The van der Waals surface area contributed by atoms with Gasteiger partial charge in [0.25, 0.3) is 0 Å². The number of benzene rings is 1. The van der Waals surface area contributed by atoms with E-state index in [9.17, 15) is 5.11 Å². The highest BCUT2D eigenvalue weighted by molar-refractivity contribution is 5.35. The van der Waals surface area contributed by atoms with Gasteiger partial charge in [0.2, 0.25) is 0 Å². The van der Waals surface area contributed by atoms with Crippen LogP contribution in [0.15, 0.2) is 36.7 Å². The molecule has 0 saturated carbocycles. The molecule has 1 aromatic carbocycles. The topological polar surface area (TPSA) is 47.3 Å². The highest BCUT2D eigenvalue weighted by atomic mass is 16.5. The number of hydrogen-bond acceptors (Lipinski definition) is 3. The van der Waals surface area contributed by atoms with Crippen LogP contribution in [0.1, 0.15) is 44.2 Å². The van der Waals surface area contributed by atoms with Crippen LogP contribution in [-0.2, 0) is 6.54 Å². The highest BCUT2D eigenvalue weighted by Crippen LogP contribution is 2.27. The highest BCUT2D eigenvalue weighted by Gasteiger charge is 2.16. The molecule has 4 nitrogen and oxygen atoms in total. The lowest BCUT2D eigenvalue weighted by Crippen LogP contribution is -2.13. The molecule has 0 bridgehead atoms. The Kier molecular flexibility index (Phi) is 4.79. The standard InChI is InChI=1S/C16H22N2O2/c1-4-20-15-8-6-5-7-13(15)14(19)11-18-10-9-17-16(18)12(2)3/h5-10,12,14,19H,4,11H2,1-3H3. The van der Waals surface area contributed by atoms with Crippen molar-refractivity contribution in [2.75, 3.05) is 6.61 Å². The Balaban J connectivity index is 2.19. The number of nitrogens with zero attached hydrogens (tertiary/aromatic N) is 2. The van der Waals surface area contributed by atoms with Crippen molar-refractivity contribution in [1.29, 1.82) is 0 Å². The van der Waals surface area contributed by atoms with E-state index < -0.39 is 6.10 Å². The Hall–Kier alpha value is -1.81. The van der Waals surface area contributed by atoms with E-state index in [1.54, 1.807) is 6.20 Å². The quantitative estimate of drug-likeness (QED) is 0.880. The van der Waals surface area contributed by atoms with Gasteiger partial charge in [-0.15, -0.1) is 0 Å². The van der Waals surface area contributed by atoms with Crippen molar-refractivity contribution in [1.82, 2.24) is 9.55 Å². The number of ether oxygens (including phenoxy) is 1. The molecule has 1 unspecified atom stereocenters. The van der Waals surface area contributed by atoms with Gasteiger partial charge in [0.05, 0.1) is 13.2 Å². The Labute approximate surface area is 120 Å². The van der Waals surface area contributed by atoms with Crippen molar-refractivity contribution in [2.24, 2.45) is 0 Å². The normalized spacial score (nSPS) is 12.7. The van der Waals surface area contributed by atoms with Crippen LogP contribution in [-0.4, -0.2) is 21.3 Å². The van der Waals surface area contributed by atoms with Crippen molar-refractivity contribution in [2.45, 2.75) is 39.3 Å². The molecule has 0 saturated heterocycles. The molecular formula is C16H22N2O2. The molecule has 0 amide bonds. The number of aliphatic hydroxyl groups is 1. The van der Waals surface area contributed by atoms with Crippen LogP contribution in [0.4, 0.5) is 0 Å². The summed E-state index contributed by atoms with van der Waals surface area (Å²) in [4.78, 5) is 4.34. The van der Waals surface area contributed by atoms with Gasteiger partial charge in [-0.1, -0.05) is 32.0 Å². The average molecular weight is 274 g/mol. The molecule has 2 aromatic rings. The van der Waals surface area contributed by atoms with Crippen LogP contribution >= 0.6 is 0 Å². The molecule has 108 valence electrons. The van der Waals surface area contributed by atoms with E-state index in [4.69, 9.17) is 4.74 Å². The monoisotopic (exact) mass is 274 g/mol. The summed E-state index contributed by atoms with van der Waals surface area (Å²) in [6.07, 6.45) is 3.07. The number of aromatic nitrogens is 2. The third kappa shape index (κ3) is 3.20. The van der Waals surface area contributed by atoms with E-state index in [1.807, 2.05) is 42.0 Å². The number of imidazole rings is 1. The first kappa shape index (κ1) is 14.6. The van der Waals surface area contributed by atoms with Gasteiger partial charge in [-0.2, -0.15) is 0 Å². The smallest absolute Gasteiger partial charge is 0.125 e. The van der Waals surface area contributed by atoms with Gasteiger partial charge >= 0.3 is 0 Å². The van der Waals surface area contributed by atoms with E-state index in [0.29, 0.717) is 19.1 Å². The Morgan fingerprint density at radius 1 is 1.30 bits per heavy atom. The molecule has 0 aliphatic heterocycles. The van der Waals surface area contributed by atoms with E-state index in [2.05, 4.69) is 18.8 Å². The summed E-state index contributed by atoms with van der Waals surface area (Å²) < 4.78 is 7.57. The molecule has 1 aromatic heterocycles. The third-order valence-corrected chi connectivity index (χ3v) is 3.21. The Morgan fingerprint density at radius 2 is 2.05 bits per heavy atom. The van der Waals surface area contributed by atoms with Gasteiger partial charge in [-0.25, -0.2) is 4.98 Å². The summed E-state index contributed by atoms with van der Waals surface area (Å²) in [6.45, 7) is 7.21. The van der Waals surface area contributed by atoms with E-state index >= 15 is 0 Å². The summed E-state index contributed by atoms with van der Waals surface area (Å²) in [5.74, 6) is 2.06. The van der Waals surface area contributed by atoms with Gasteiger partial charge in [-0.05, 0) is 13.0 Å². The van der Waals surface area contributed by atoms with Crippen molar-refractivity contribution >= 4 is 0 Å². The minimum atomic E-state index is -0.607. The van der Waals surface area contributed by atoms with Crippen molar-refractivity contribution < 1.29 is 9.84 Å². The van der Waals surface area contributed by atoms with Crippen LogP contribution in [0, 0.1) is 0 Å². The predicted octanol–water partition coefficient (Wildman–Crippen LogP) is 3.14. The van der Waals surface area contributed by atoms with Gasteiger partial charge in [0.1, 0.15) is 17.7 Å². The van der Waals surface area contributed by atoms with Crippen LogP contribution in [0.3, 0.4) is 0 Å². The lowest BCUT2D eigenvalue weighted by atomic mass is 10.1. The Bertz CT molecular complexity index is 549. The van der Waals surface area contributed by atoms with E-state index in [0.717, 1.165) is 17.1 Å². The fourth-order valence-electron chi connectivity index (χ4n) is 2.30. The summed E-state index contributed by atoms with van der Waals surface area (Å²) in [5.41, 5.74) is 0.817. The SMILES string of the molecule is CCOc1ccccc1C(O)Cn1ccnc1C(C)C. The van der Waals surface area contributed by atoms with E-state index in [-0.39, 0.29) is 0 Å². The van der Waals surface area contributed by atoms with Crippen LogP contribution in [0.25, 0.3) is 0 Å². The first-order valence-corrected chi connectivity index (χ1v) is 7.04. The van der Waals surface area contributed by atoms with Crippen molar-refractivity contribution in [3.05, 3.63) is 48.0 Å². The molecule has 0 aliphatic rings. The second-order valence-electron chi connectivity index (χ2n) is 5.08. The third-order valence-electron chi connectivity index (χ3n) is 3.21. The maximum Gasteiger partial charge on any atom is 0.125 e. The maximum absolute atomic E-state index is 10.5. The van der Waals surface area contributed by atoms with Crippen LogP contribution < -0.4 is 4.74 Å². The van der Waals surface area contributed by atoms with Crippen LogP contribution in [0.5, 0.6) is 5.75 Å². The number of para-hydroxylation sites is 1. The largest absolute Gasteiger partial charge is 0.493 e. The van der Waals surface area contributed by atoms with Gasteiger partial charge in [0.15, 0.2) is 0 Å². The molecule has 20 heavy (non-hydrogen) atoms. The molecule has 4 heteroatoms. The lowest BCUT2D eigenvalue weighted by molar-refractivity contribution is 0.150. The zero-order chi connectivity index (χ0) is 14.5. The number of rotatable bonds is 6. The Morgan fingerprint density at radius 3 is 2.75 bits per heavy atom. The zero-order valence-corrected chi connectivity index (χ0v) is 12.3. The lowest BCUT2D eigenvalue weighted by Gasteiger charge is -2.18. The second kappa shape index (κ2) is 6.57. The predicted molar refractivity (Wildman–Crippen MR) is 78.9 cm³/mol. The molecule has 0 radical (unpaired) electrons. The molecular weight excluding hydrogens is 252 g/mol. The molecule has 0 aliphatic carbocycles. The van der Waals surface area contributed by atoms with Gasteiger partial charge < -0.3 is 14.4 Å². The first-order valence-electron chi connectivity index (χ1n) is 7.04. The molecule has 0 spiro atoms. The summed E-state index contributed by atoms with van der Waals surface area (Å²) in [5, 5.41) is 10.5. The number of hydrogen-bond donors (Lipinski definition) is 1. The van der Waals surface area contributed by atoms with Gasteiger partial charge in [-0.3, -0.25) is 0 Å². The number of aliphatic hydroxyl groups excluding tert-OH is 1. The van der Waals surface area contributed by atoms with Crippen LogP contribution in [0.2, 0.25) is 0 Å². The van der Waals surface area contributed by atoms with E-state index in [1.165, 1.54) is 0 Å². The molecule has 1 atom stereocenters. The molecule has 1 heterocycles. The fourth-order valence-corrected chi connectivity index (χ4v) is 2.30. The second-order valence-corrected chi connectivity index (χ2v) is 5.08. The van der Waals surface area contributed by atoms with Crippen molar-refractivity contribution in [3.63, 3.8) is 0 Å². The molecule has 2 rings (SSSR count). The minimum Gasteiger partial charge on any atom is -0.493 e. The first-order chi connectivity index (χ1) is 9.63. The maximum atomic E-state index is 10.5. The van der Waals surface area contributed by atoms with Crippen molar-refractivity contribution in [3.8, 4) is 5.75 Å².